The first-order chi connectivity index (χ1) is 7.27. The molecule has 0 bridgehead atoms. The summed E-state index contributed by atoms with van der Waals surface area (Å²) in [6, 6.07) is 0.278. The lowest BCUT2D eigenvalue weighted by molar-refractivity contribution is 0.327. The van der Waals surface area contributed by atoms with E-state index < -0.39 is 0 Å². The molecule has 0 unspecified atom stereocenters. The summed E-state index contributed by atoms with van der Waals surface area (Å²) in [7, 11) is 1.48. The van der Waals surface area contributed by atoms with Gasteiger partial charge >= 0.3 is 6.01 Å². The van der Waals surface area contributed by atoms with Gasteiger partial charge in [-0.05, 0) is 0 Å². The SMILES string of the molecule is C=CCn1c(OC)nc2ncnc-2c1O. The Bertz CT molecular complexity index is 466. The molecule has 78 valence electrons. The van der Waals surface area contributed by atoms with Gasteiger partial charge in [-0.3, -0.25) is 4.57 Å². The van der Waals surface area contributed by atoms with Gasteiger partial charge in [-0.25, -0.2) is 9.97 Å². The minimum Gasteiger partial charge on any atom is -0.493 e. The highest BCUT2D eigenvalue weighted by atomic mass is 16.5. The molecule has 0 aromatic heterocycles. The zero-order valence-corrected chi connectivity index (χ0v) is 8.21. The van der Waals surface area contributed by atoms with E-state index in [2.05, 4.69) is 21.5 Å². The maximum atomic E-state index is 9.87. The number of aromatic hydroxyl groups is 1. The summed E-state index contributed by atoms with van der Waals surface area (Å²) >= 11 is 0. The minimum atomic E-state index is -0.0192. The van der Waals surface area contributed by atoms with Crippen molar-refractivity contribution in [3.63, 3.8) is 0 Å². The number of ether oxygens (including phenoxy) is 1. The molecular formula is C9H10N4O2. The van der Waals surface area contributed by atoms with Gasteiger partial charge < -0.3 is 9.84 Å². The van der Waals surface area contributed by atoms with Crippen molar-refractivity contribution in [3.05, 3.63) is 19.0 Å². The van der Waals surface area contributed by atoms with Gasteiger partial charge in [0.1, 0.15) is 6.33 Å². The first-order valence-electron chi connectivity index (χ1n) is 4.33. The molecule has 0 aromatic carbocycles. The van der Waals surface area contributed by atoms with Crippen molar-refractivity contribution in [2.24, 2.45) is 0 Å². The number of hydrogen-bond acceptors (Lipinski definition) is 5. The topological polar surface area (TPSA) is 73.1 Å². The van der Waals surface area contributed by atoms with E-state index in [0.29, 0.717) is 18.1 Å². The third-order valence-corrected chi connectivity index (χ3v) is 1.97. The van der Waals surface area contributed by atoms with E-state index in [-0.39, 0.29) is 11.9 Å². The molecular weight excluding hydrogens is 196 g/mol. The third-order valence-electron chi connectivity index (χ3n) is 1.97. The lowest BCUT2D eigenvalue weighted by atomic mass is 10.4. The molecule has 2 aliphatic heterocycles. The molecule has 0 aromatic rings. The summed E-state index contributed by atoms with van der Waals surface area (Å²) in [5.41, 5.74) is 0.359. The Labute approximate surface area is 86.2 Å². The van der Waals surface area contributed by atoms with E-state index in [1.807, 2.05) is 0 Å². The average molecular weight is 206 g/mol. The molecule has 1 N–H and O–H groups in total. The molecule has 0 radical (unpaired) electrons. The number of hydrogen-bond donors (Lipinski definition) is 1. The lowest BCUT2D eigenvalue weighted by Crippen LogP contribution is -2.07. The van der Waals surface area contributed by atoms with Gasteiger partial charge in [-0.15, -0.1) is 6.58 Å². The molecule has 0 spiro atoms. The van der Waals surface area contributed by atoms with E-state index in [9.17, 15) is 5.11 Å². The van der Waals surface area contributed by atoms with Crippen LogP contribution in [0.4, 0.5) is 0 Å². The Balaban J connectivity index is 2.68. The van der Waals surface area contributed by atoms with Crippen molar-refractivity contribution in [1.82, 2.24) is 19.5 Å². The molecule has 0 saturated carbocycles. The van der Waals surface area contributed by atoms with Crippen LogP contribution in [0.5, 0.6) is 11.9 Å². The van der Waals surface area contributed by atoms with Crippen molar-refractivity contribution in [2.45, 2.75) is 6.54 Å². The van der Waals surface area contributed by atoms with Crippen molar-refractivity contribution in [2.75, 3.05) is 7.11 Å². The number of methoxy groups -OCH3 is 1. The number of fused-ring (bicyclic) bond motifs is 1. The monoisotopic (exact) mass is 206 g/mol. The summed E-state index contributed by atoms with van der Waals surface area (Å²) in [4.78, 5) is 11.9. The fraction of sp³-hybridized carbons (Fsp3) is 0.222. The quantitative estimate of drug-likeness (QED) is 0.747. The molecule has 0 atom stereocenters. The van der Waals surface area contributed by atoms with Crippen LogP contribution in [0.2, 0.25) is 0 Å². The first kappa shape index (κ1) is 9.45. The Hall–Kier alpha value is -2.11. The van der Waals surface area contributed by atoms with Crippen LogP contribution < -0.4 is 4.74 Å². The van der Waals surface area contributed by atoms with Gasteiger partial charge in [0.2, 0.25) is 5.88 Å². The predicted molar refractivity (Wildman–Crippen MR) is 52.9 cm³/mol. The molecule has 2 aliphatic rings. The van der Waals surface area contributed by atoms with Gasteiger partial charge in [0.05, 0.1) is 7.11 Å². The number of nitrogens with zero attached hydrogens (tertiary/aromatic N) is 4. The lowest BCUT2D eigenvalue weighted by Gasteiger charge is -2.13. The number of imidazole rings is 1. The molecule has 0 saturated heterocycles. The van der Waals surface area contributed by atoms with Crippen molar-refractivity contribution in [1.29, 1.82) is 0 Å². The summed E-state index contributed by atoms with van der Waals surface area (Å²) in [5, 5.41) is 9.87. The van der Waals surface area contributed by atoms with Gasteiger partial charge in [0.15, 0.2) is 11.5 Å². The van der Waals surface area contributed by atoms with Crippen LogP contribution in [0.1, 0.15) is 0 Å². The molecule has 2 heterocycles. The van der Waals surface area contributed by atoms with E-state index in [1.54, 1.807) is 6.08 Å². The van der Waals surface area contributed by atoms with E-state index in [1.165, 1.54) is 18.0 Å². The third kappa shape index (κ3) is 1.39. The molecule has 0 fully saturated rings. The van der Waals surface area contributed by atoms with Gasteiger partial charge in [-0.1, -0.05) is 6.08 Å². The Morgan fingerprint density at radius 1 is 1.60 bits per heavy atom. The highest BCUT2D eigenvalue weighted by Crippen LogP contribution is 2.29. The van der Waals surface area contributed by atoms with Crippen LogP contribution in [-0.2, 0) is 6.54 Å². The second kappa shape index (κ2) is 3.56. The number of allylic oxidation sites excluding steroid dienone is 1. The Morgan fingerprint density at radius 2 is 2.40 bits per heavy atom. The largest absolute Gasteiger partial charge is 0.493 e. The predicted octanol–water partition coefficient (Wildman–Crippen LogP) is 0.678. The van der Waals surface area contributed by atoms with Crippen molar-refractivity contribution < 1.29 is 9.84 Å². The molecule has 0 amide bonds. The highest BCUT2D eigenvalue weighted by molar-refractivity contribution is 5.58. The summed E-state index contributed by atoms with van der Waals surface area (Å²) in [5.74, 6) is 0.346. The fourth-order valence-corrected chi connectivity index (χ4v) is 1.32. The van der Waals surface area contributed by atoms with Gasteiger partial charge in [-0.2, -0.15) is 4.98 Å². The molecule has 6 heteroatoms. The van der Waals surface area contributed by atoms with E-state index in [0.717, 1.165) is 0 Å². The first-order valence-corrected chi connectivity index (χ1v) is 4.33. The van der Waals surface area contributed by atoms with Gasteiger partial charge in [0, 0.05) is 6.54 Å². The van der Waals surface area contributed by atoms with E-state index >= 15 is 0 Å². The second-order valence-electron chi connectivity index (χ2n) is 2.87. The zero-order valence-electron chi connectivity index (χ0n) is 8.21. The Kier molecular flexibility index (Phi) is 2.24. The van der Waals surface area contributed by atoms with Crippen LogP contribution >= 0.6 is 0 Å². The average Bonchev–Trinajstić information content (AvgIpc) is 2.70. The standard InChI is InChI=1S/C9H10N4O2/c1-3-4-13-8(14)6-7(11-5-10-6)12-9(13)15-2/h3,5,14H,1,4H2,2H3. The van der Waals surface area contributed by atoms with Crippen LogP contribution in [0.15, 0.2) is 19.0 Å². The van der Waals surface area contributed by atoms with Crippen molar-refractivity contribution in [3.8, 4) is 23.4 Å². The molecule has 0 aliphatic carbocycles. The maximum absolute atomic E-state index is 9.87. The van der Waals surface area contributed by atoms with Crippen LogP contribution in [-0.4, -0.2) is 31.7 Å². The fourth-order valence-electron chi connectivity index (χ4n) is 1.32. The Morgan fingerprint density at radius 3 is 3.07 bits per heavy atom. The normalized spacial score (nSPS) is 10.5. The minimum absolute atomic E-state index is 0.0192. The highest BCUT2D eigenvalue weighted by Gasteiger charge is 2.19. The summed E-state index contributed by atoms with van der Waals surface area (Å²) in [6.07, 6.45) is 2.97. The molecule has 2 rings (SSSR count). The summed E-state index contributed by atoms with van der Waals surface area (Å²) < 4.78 is 6.49. The van der Waals surface area contributed by atoms with Crippen molar-refractivity contribution >= 4 is 0 Å². The maximum Gasteiger partial charge on any atom is 0.301 e. The second-order valence-corrected chi connectivity index (χ2v) is 2.87. The zero-order chi connectivity index (χ0) is 10.8. The number of aromatic nitrogens is 4. The van der Waals surface area contributed by atoms with Crippen LogP contribution in [0.25, 0.3) is 11.5 Å². The smallest absolute Gasteiger partial charge is 0.301 e. The number of rotatable bonds is 3. The van der Waals surface area contributed by atoms with Crippen LogP contribution in [0, 0.1) is 0 Å². The molecule has 15 heavy (non-hydrogen) atoms. The van der Waals surface area contributed by atoms with E-state index in [4.69, 9.17) is 4.74 Å². The summed E-state index contributed by atoms with van der Waals surface area (Å²) in [6.45, 7) is 3.98. The van der Waals surface area contributed by atoms with Gasteiger partial charge in [0.25, 0.3) is 0 Å². The van der Waals surface area contributed by atoms with Crippen LogP contribution in [0.3, 0.4) is 0 Å². The molecule has 6 nitrogen and oxygen atoms in total.